The molecule has 1 aromatic carbocycles. The first-order valence-electron chi connectivity index (χ1n) is 9.16. The topological polar surface area (TPSA) is 68.2 Å². The Balaban J connectivity index is 1.42. The van der Waals surface area contributed by atoms with Gasteiger partial charge in [-0.1, -0.05) is 12.1 Å². The van der Waals surface area contributed by atoms with Gasteiger partial charge in [0.15, 0.2) is 5.69 Å². The number of nitrogens with zero attached hydrogens (tertiary/aromatic N) is 2. The minimum absolute atomic E-state index is 0.141. The van der Waals surface area contributed by atoms with E-state index in [-0.39, 0.29) is 25.0 Å². The molecule has 152 valence electrons. The van der Waals surface area contributed by atoms with Crippen molar-refractivity contribution in [3.05, 3.63) is 47.3 Å². The number of benzene rings is 1. The molecule has 0 spiro atoms. The van der Waals surface area contributed by atoms with Crippen molar-refractivity contribution in [1.29, 1.82) is 0 Å². The van der Waals surface area contributed by atoms with Crippen molar-refractivity contribution in [3.8, 4) is 5.75 Å². The van der Waals surface area contributed by atoms with Crippen LogP contribution >= 0.6 is 0 Å². The minimum atomic E-state index is -4.46. The number of amides is 2. The molecular formula is C19H23F3N4O2. The molecule has 0 radical (unpaired) electrons. The van der Waals surface area contributed by atoms with Gasteiger partial charge >= 0.3 is 12.2 Å². The standard InChI is InChI=1S/C19H23F3N4O2/c1-28-15-6-2-13(3-7-15)8-9-23-18(27)24-10-11-26-16(14-4-5-14)12-17(25-26)19(20,21)22/h2-3,6-7,12,14H,4-5,8-11H2,1H3,(H2,23,24,27). The third-order valence-corrected chi connectivity index (χ3v) is 4.56. The number of alkyl halides is 3. The van der Waals surface area contributed by atoms with Gasteiger partial charge in [0.2, 0.25) is 0 Å². The second kappa shape index (κ2) is 8.53. The lowest BCUT2D eigenvalue weighted by molar-refractivity contribution is -0.141. The van der Waals surface area contributed by atoms with E-state index in [1.165, 1.54) is 4.68 Å². The molecule has 2 amide bonds. The number of ether oxygens (including phenoxy) is 1. The summed E-state index contributed by atoms with van der Waals surface area (Å²) in [6.45, 7) is 0.854. The van der Waals surface area contributed by atoms with Crippen LogP contribution < -0.4 is 15.4 Å². The van der Waals surface area contributed by atoms with Gasteiger partial charge in [-0.25, -0.2) is 4.79 Å². The molecule has 1 fully saturated rings. The fraction of sp³-hybridized carbons (Fsp3) is 0.474. The molecule has 1 aromatic heterocycles. The molecule has 1 saturated carbocycles. The molecule has 6 nitrogen and oxygen atoms in total. The molecule has 1 aliphatic carbocycles. The number of aromatic nitrogens is 2. The number of carbonyl (C=O) groups excluding carboxylic acids is 1. The summed E-state index contributed by atoms with van der Waals surface area (Å²) >= 11 is 0. The number of nitrogens with one attached hydrogen (secondary N) is 2. The number of hydrogen-bond acceptors (Lipinski definition) is 3. The number of rotatable bonds is 8. The van der Waals surface area contributed by atoms with Crippen molar-refractivity contribution >= 4 is 6.03 Å². The quantitative estimate of drug-likeness (QED) is 0.719. The highest BCUT2D eigenvalue weighted by Crippen LogP contribution is 2.42. The maximum Gasteiger partial charge on any atom is 0.435 e. The highest BCUT2D eigenvalue weighted by molar-refractivity contribution is 5.73. The maximum absolute atomic E-state index is 12.9. The summed E-state index contributed by atoms with van der Waals surface area (Å²) in [5.41, 5.74) is 0.777. The molecule has 0 atom stereocenters. The third-order valence-electron chi connectivity index (χ3n) is 4.56. The fourth-order valence-corrected chi connectivity index (χ4v) is 2.91. The highest BCUT2D eigenvalue weighted by atomic mass is 19.4. The van der Waals surface area contributed by atoms with E-state index >= 15 is 0 Å². The van der Waals surface area contributed by atoms with E-state index in [0.717, 1.165) is 30.2 Å². The lowest BCUT2D eigenvalue weighted by atomic mass is 10.1. The van der Waals surface area contributed by atoms with Crippen molar-refractivity contribution in [2.75, 3.05) is 20.2 Å². The monoisotopic (exact) mass is 396 g/mol. The predicted molar refractivity (Wildman–Crippen MR) is 97.3 cm³/mol. The number of urea groups is 1. The summed E-state index contributed by atoms with van der Waals surface area (Å²) in [5, 5.41) is 9.06. The lowest BCUT2D eigenvalue weighted by Gasteiger charge is -2.10. The van der Waals surface area contributed by atoms with E-state index in [0.29, 0.717) is 18.7 Å². The van der Waals surface area contributed by atoms with Crippen LogP contribution in [0, 0.1) is 0 Å². The first-order valence-corrected chi connectivity index (χ1v) is 9.16. The van der Waals surface area contributed by atoms with E-state index in [4.69, 9.17) is 4.74 Å². The van der Waals surface area contributed by atoms with Crippen LogP contribution in [0.2, 0.25) is 0 Å². The van der Waals surface area contributed by atoms with Gasteiger partial charge in [-0.15, -0.1) is 0 Å². The zero-order valence-corrected chi connectivity index (χ0v) is 15.6. The molecule has 3 rings (SSSR count). The molecule has 1 aliphatic rings. The Labute approximate surface area is 161 Å². The van der Waals surface area contributed by atoms with Crippen LogP contribution in [0.5, 0.6) is 5.75 Å². The van der Waals surface area contributed by atoms with Crippen molar-refractivity contribution < 1.29 is 22.7 Å². The van der Waals surface area contributed by atoms with Crippen LogP contribution in [0.1, 0.15) is 35.7 Å². The van der Waals surface area contributed by atoms with Crippen LogP contribution in [0.15, 0.2) is 30.3 Å². The summed E-state index contributed by atoms with van der Waals surface area (Å²) in [4.78, 5) is 11.9. The van der Waals surface area contributed by atoms with Gasteiger partial charge in [0, 0.05) is 24.7 Å². The number of hydrogen-bond donors (Lipinski definition) is 2. The van der Waals surface area contributed by atoms with Crippen LogP contribution in [-0.4, -0.2) is 36.0 Å². The number of halogens is 3. The lowest BCUT2D eigenvalue weighted by Crippen LogP contribution is -2.38. The average molecular weight is 396 g/mol. The van der Waals surface area contributed by atoms with Gasteiger partial charge in [0.05, 0.1) is 13.7 Å². The smallest absolute Gasteiger partial charge is 0.435 e. The Morgan fingerprint density at radius 2 is 1.89 bits per heavy atom. The largest absolute Gasteiger partial charge is 0.497 e. The summed E-state index contributed by atoms with van der Waals surface area (Å²) in [7, 11) is 1.60. The minimum Gasteiger partial charge on any atom is -0.497 e. The Hall–Kier alpha value is -2.71. The molecule has 9 heteroatoms. The predicted octanol–water partition coefficient (Wildman–Crippen LogP) is 3.33. The van der Waals surface area contributed by atoms with Gasteiger partial charge in [-0.05, 0) is 43.0 Å². The van der Waals surface area contributed by atoms with Crippen molar-refractivity contribution in [1.82, 2.24) is 20.4 Å². The zero-order valence-electron chi connectivity index (χ0n) is 15.6. The van der Waals surface area contributed by atoms with Gasteiger partial charge in [-0.3, -0.25) is 4.68 Å². The van der Waals surface area contributed by atoms with E-state index in [1.807, 2.05) is 24.3 Å². The Kier molecular flexibility index (Phi) is 6.11. The highest BCUT2D eigenvalue weighted by Gasteiger charge is 2.37. The molecule has 0 aliphatic heterocycles. The molecule has 0 unspecified atom stereocenters. The summed E-state index contributed by atoms with van der Waals surface area (Å²) < 4.78 is 45.1. The maximum atomic E-state index is 12.9. The molecule has 1 heterocycles. The summed E-state index contributed by atoms with van der Waals surface area (Å²) in [6.07, 6.45) is -2.04. The normalized spacial score (nSPS) is 14.0. The summed E-state index contributed by atoms with van der Waals surface area (Å²) in [5.74, 6) is 0.911. The second-order valence-corrected chi connectivity index (χ2v) is 6.73. The first kappa shape index (κ1) is 20.0. The van der Waals surface area contributed by atoms with E-state index in [1.54, 1.807) is 7.11 Å². The second-order valence-electron chi connectivity index (χ2n) is 6.73. The van der Waals surface area contributed by atoms with Crippen LogP contribution in [-0.2, 0) is 19.1 Å². The molecule has 0 saturated heterocycles. The van der Waals surface area contributed by atoms with E-state index < -0.39 is 11.9 Å². The SMILES string of the molecule is COc1ccc(CCNC(=O)NCCn2nc(C(F)(F)F)cc2C2CC2)cc1. The van der Waals surface area contributed by atoms with Gasteiger partial charge in [0.1, 0.15) is 5.75 Å². The first-order chi connectivity index (χ1) is 13.4. The van der Waals surface area contributed by atoms with Crippen LogP contribution in [0.25, 0.3) is 0 Å². The molecule has 2 N–H and O–H groups in total. The van der Waals surface area contributed by atoms with Gasteiger partial charge in [0.25, 0.3) is 0 Å². The Morgan fingerprint density at radius 1 is 1.21 bits per heavy atom. The van der Waals surface area contributed by atoms with Crippen LogP contribution in [0.4, 0.5) is 18.0 Å². The average Bonchev–Trinajstić information content (AvgIpc) is 3.41. The van der Waals surface area contributed by atoms with E-state index in [2.05, 4.69) is 15.7 Å². The van der Waals surface area contributed by atoms with Crippen molar-refractivity contribution in [3.63, 3.8) is 0 Å². The number of methoxy groups -OCH3 is 1. The molecule has 2 aromatic rings. The fourth-order valence-electron chi connectivity index (χ4n) is 2.91. The Morgan fingerprint density at radius 3 is 2.50 bits per heavy atom. The third kappa shape index (κ3) is 5.40. The zero-order chi connectivity index (χ0) is 20.1. The number of carbonyl (C=O) groups is 1. The molecular weight excluding hydrogens is 373 g/mol. The van der Waals surface area contributed by atoms with Gasteiger partial charge < -0.3 is 15.4 Å². The van der Waals surface area contributed by atoms with E-state index in [9.17, 15) is 18.0 Å². The van der Waals surface area contributed by atoms with Crippen LogP contribution in [0.3, 0.4) is 0 Å². The Bertz CT molecular complexity index is 799. The summed E-state index contributed by atoms with van der Waals surface area (Å²) in [6, 6.07) is 8.32. The molecule has 0 bridgehead atoms. The van der Waals surface area contributed by atoms with Crippen molar-refractivity contribution in [2.24, 2.45) is 0 Å². The van der Waals surface area contributed by atoms with Gasteiger partial charge in [-0.2, -0.15) is 18.3 Å². The van der Waals surface area contributed by atoms with Crippen molar-refractivity contribution in [2.45, 2.75) is 37.9 Å². The molecule has 28 heavy (non-hydrogen) atoms.